The van der Waals surface area contributed by atoms with Crippen LogP contribution in [0.25, 0.3) is 56.2 Å². The highest BCUT2D eigenvalue weighted by molar-refractivity contribution is 7.99. The van der Waals surface area contributed by atoms with Crippen LogP contribution in [0.5, 0.6) is 0 Å². The summed E-state index contributed by atoms with van der Waals surface area (Å²) < 4.78 is 0. The molecular weight excluding hydrogens is 625 g/mol. The van der Waals surface area contributed by atoms with Gasteiger partial charge in [-0.2, -0.15) is 0 Å². The summed E-state index contributed by atoms with van der Waals surface area (Å²) >= 11 is 1.84. The highest BCUT2D eigenvalue weighted by Crippen LogP contribution is 2.63. The van der Waals surface area contributed by atoms with Gasteiger partial charge in [0, 0.05) is 26.5 Å². The molecule has 0 unspecified atom stereocenters. The molecule has 0 atom stereocenters. The summed E-state index contributed by atoms with van der Waals surface area (Å²) in [6, 6.07) is 65.3. The highest BCUT2D eigenvalue weighted by atomic mass is 32.2. The first-order valence-electron chi connectivity index (χ1n) is 17.0. The van der Waals surface area contributed by atoms with Crippen LogP contribution in [-0.4, -0.2) is 9.97 Å². The number of hydrogen-bond acceptors (Lipinski definition) is 3. The van der Waals surface area contributed by atoms with Crippen molar-refractivity contribution in [2.24, 2.45) is 0 Å². The Morgan fingerprint density at radius 3 is 1.58 bits per heavy atom. The van der Waals surface area contributed by atoms with Crippen molar-refractivity contribution >= 4 is 11.8 Å². The van der Waals surface area contributed by atoms with Gasteiger partial charge in [0.05, 0.1) is 16.8 Å². The topological polar surface area (TPSA) is 25.8 Å². The predicted molar refractivity (Wildman–Crippen MR) is 205 cm³/mol. The molecule has 1 aliphatic heterocycles. The van der Waals surface area contributed by atoms with Crippen LogP contribution in [0.15, 0.2) is 192 Å². The maximum atomic E-state index is 5.38. The van der Waals surface area contributed by atoms with Gasteiger partial charge in [0.1, 0.15) is 0 Å². The molecule has 2 heterocycles. The monoisotopic (exact) mass is 654 g/mol. The van der Waals surface area contributed by atoms with Gasteiger partial charge in [-0.25, -0.2) is 9.97 Å². The van der Waals surface area contributed by atoms with Gasteiger partial charge in [-0.05, 0) is 62.7 Å². The third-order valence-corrected chi connectivity index (χ3v) is 11.4. The Labute approximate surface area is 296 Å². The summed E-state index contributed by atoms with van der Waals surface area (Å²) in [6.45, 7) is 0. The molecule has 0 saturated heterocycles. The number of benzene rings is 7. The second-order valence-electron chi connectivity index (χ2n) is 12.9. The van der Waals surface area contributed by atoms with Crippen molar-refractivity contribution in [1.29, 1.82) is 0 Å². The molecule has 0 bridgehead atoms. The molecule has 1 aliphatic carbocycles. The highest BCUT2D eigenvalue weighted by Gasteiger charge is 2.50. The molecule has 0 N–H and O–H groups in total. The normalized spacial score (nSPS) is 13.3. The van der Waals surface area contributed by atoms with Crippen LogP contribution in [0.1, 0.15) is 22.3 Å². The lowest BCUT2D eigenvalue weighted by atomic mass is 9.67. The number of rotatable bonds is 4. The fourth-order valence-electron chi connectivity index (χ4n) is 8.02. The molecule has 7 aromatic carbocycles. The van der Waals surface area contributed by atoms with E-state index in [1.165, 1.54) is 48.7 Å². The lowest BCUT2D eigenvalue weighted by Crippen LogP contribution is -2.32. The van der Waals surface area contributed by atoms with Crippen LogP contribution in [0.2, 0.25) is 0 Å². The molecule has 1 spiro atoms. The van der Waals surface area contributed by atoms with Crippen LogP contribution in [0, 0.1) is 0 Å². The van der Waals surface area contributed by atoms with Crippen LogP contribution in [0.4, 0.5) is 0 Å². The van der Waals surface area contributed by atoms with Gasteiger partial charge in [-0.3, -0.25) is 0 Å². The summed E-state index contributed by atoms with van der Waals surface area (Å²) in [5.74, 6) is 0.727. The van der Waals surface area contributed by atoms with Crippen molar-refractivity contribution in [3.8, 4) is 56.2 Å². The number of nitrogens with zero attached hydrogens (tertiary/aromatic N) is 2. The van der Waals surface area contributed by atoms with Crippen molar-refractivity contribution in [3.05, 3.63) is 204 Å². The summed E-state index contributed by atoms with van der Waals surface area (Å²) in [7, 11) is 0. The summed E-state index contributed by atoms with van der Waals surface area (Å²) in [5, 5.41) is 0. The van der Waals surface area contributed by atoms with Crippen LogP contribution in [0.3, 0.4) is 0 Å². The molecular formula is C47H30N2S. The van der Waals surface area contributed by atoms with E-state index in [1.807, 2.05) is 17.8 Å². The number of fused-ring (bicyclic) bond motifs is 9. The number of aromatic nitrogens is 2. The third-order valence-electron chi connectivity index (χ3n) is 10.2. The summed E-state index contributed by atoms with van der Waals surface area (Å²) in [5.41, 5.74) is 14.7. The Kier molecular flexibility index (Phi) is 6.68. The van der Waals surface area contributed by atoms with Gasteiger partial charge in [0.2, 0.25) is 0 Å². The maximum Gasteiger partial charge on any atom is 0.161 e. The third kappa shape index (κ3) is 4.37. The van der Waals surface area contributed by atoms with E-state index < -0.39 is 5.41 Å². The summed E-state index contributed by atoms with van der Waals surface area (Å²) in [6.07, 6.45) is 0. The number of hydrogen-bond donors (Lipinski definition) is 0. The Morgan fingerprint density at radius 1 is 0.360 bits per heavy atom. The van der Waals surface area contributed by atoms with E-state index in [9.17, 15) is 0 Å². The SMILES string of the molecule is c1ccc(-c2cccc(-c3cc(-c4ccccc4)nc(-c4cccc5c4Sc4ccccc4C54c5ccccc5-c5ccccc54)n3)c2)cc1. The molecule has 2 aliphatic rings. The Hall–Kier alpha value is -6.03. The predicted octanol–water partition coefficient (Wildman–Crippen LogP) is 12.0. The molecule has 3 heteroatoms. The minimum absolute atomic E-state index is 0.454. The van der Waals surface area contributed by atoms with Crippen LogP contribution < -0.4 is 0 Å². The molecule has 2 nitrogen and oxygen atoms in total. The van der Waals surface area contributed by atoms with E-state index >= 15 is 0 Å². The molecule has 10 rings (SSSR count). The Balaban J connectivity index is 1.23. The van der Waals surface area contributed by atoms with Crippen LogP contribution >= 0.6 is 11.8 Å². The van der Waals surface area contributed by atoms with Gasteiger partial charge < -0.3 is 0 Å². The molecule has 50 heavy (non-hydrogen) atoms. The smallest absolute Gasteiger partial charge is 0.161 e. The fraction of sp³-hybridized carbons (Fsp3) is 0.0213. The first kappa shape index (κ1) is 28.9. The second kappa shape index (κ2) is 11.5. The van der Waals surface area contributed by atoms with E-state index in [0.29, 0.717) is 0 Å². The Bertz CT molecular complexity index is 2530. The van der Waals surface area contributed by atoms with Gasteiger partial charge in [0.25, 0.3) is 0 Å². The summed E-state index contributed by atoms with van der Waals surface area (Å²) in [4.78, 5) is 13.2. The van der Waals surface area contributed by atoms with E-state index in [0.717, 1.165) is 39.5 Å². The van der Waals surface area contributed by atoms with E-state index in [1.54, 1.807) is 0 Å². The first-order valence-corrected chi connectivity index (χ1v) is 17.8. The zero-order chi connectivity index (χ0) is 33.1. The molecule has 1 aromatic heterocycles. The van der Waals surface area contributed by atoms with Crippen molar-refractivity contribution in [2.75, 3.05) is 0 Å². The van der Waals surface area contributed by atoms with Crippen molar-refractivity contribution in [2.45, 2.75) is 15.2 Å². The molecule has 8 aromatic rings. The molecule has 0 radical (unpaired) electrons. The van der Waals surface area contributed by atoms with Gasteiger partial charge in [0.15, 0.2) is 5.82 Å². The standard InChI is InChI=1S/C47H30N2S/c1-3-15-31(16-4-1)33-19-13-20-34(29-33)43-30-42(32-17-5-2-6-18-32)48-46(49-43)37-23-14-27-41-45(37)50-44-28-12-11-26-40(44)47(41)38-24-9-7-21-35(38)36-22-8-10-25-39(36)47/h1-30H. The maximum absolute atomic E-state index is 5.38. The minimum Gasteiger partial charge on any atom is -0.228 e. The van der Waals surface area contributed by atoms with E-state index in [-0.39, 0.29) is 0 Å². The van der Waals surface area contributed by atoms with Crippen molar-refractivity contribution in [3.63, 3.8) is 0 Å². The first-order chi connectivity index (χ1) is 24.8. The fourth-order valence-corrected chi connectivity index (χ4v) is 9.31. The molecule has 0 saturated carbocycles. The zero-order valence-corrected chi connectivity index (χ0v) is 27.9. The largest absolute Gasteiger partial charge is 0.228 e. The van der Waals surface area contributed by atoms with Crippen LogP contribution in [-0.2, 0) is 5.41 Å². The van der Waals surface area contributed by atoms with Gasteiger partial charge in [-0.15, -0.1) is 0 Å². The van der Waals surface area contributed by atoms with Crippen molar-refractivity contribution in [1.82, 2.24) is 9.97 Å². The molecule has 0 amide bonds. The second-order valence-corrected chi connectivity index (χ2v) is 13.9. The van der Waals surface area contributed by atoms with Gasteiger partial charge >= 0.3 is 0 Å². The quantitative estimate of drug-likeness (QED) is 0.189. The molecule has 234 valence electrons. The van der Waals surface area contributed by atoms with Gasteiger partial charge in [-0.1, -0.05) is 176 Å². The average Bonchev–Trinajstić information content (AvgIpc) is 3.49. The average molecular weight is 655 g/mol. The van der Waals surface area contributed by atoms with Crippen molar-refractivity contribution < 1.29 is 0 Å². The minimum atomic E-state index is -0.454. The van der Waals surface area contributed by atoms with E-state index in [2.05, 4.69) is 176 Å². The lowest BCUT2D eigenvalue weighted by Gasteiger charge is -2.40. The zero-order valence-electron chi connectivity index (χ0n) is 27.1. The Morgan fingerprint density at radius 2 is 0.860 bits per heavy atom. The molecule has 0 fully saturated rings. The lowest BCUT2D eigenvalue weighted by molar-refractivity contribution is 0.723. The van der Waals surface area contributed by atoms with E-state index in [4.69, 9.17) is 9.97 Å².